The van der Waals surface area contributed by atoms with Crippen LogP contribution in [0, 0.1) is 6.92 Å². The Balaban J connectivity index is 1.84. The van der Waals surface area contributed by atoms with Crippen molar-refractivity contribution in [2.24, 2.45) is 0 Å². The zero-order chi connectivity index (χ0) is 18.1. The highest BCUT2D eigenvalue weighted by atomic mass is 16.6. The van der Waals surface area contributed by atoms with Gasteiger partial charge in [0.25, 0.3) is 0 Å². The molecule has 0 N–H and O–H groups in total. The second kappa shape index (κ2) is 4.94. The average Bonchev–Trinajstić information content (AvgIpc) is 3.07. The van der Waals surface area contributed by atoms with Crippen LogP contribution in [-0.4, -0.2) is 23.6 Å². The summed E-state index contributed by atoms with van der Waals surface area (Å²) in [5, 5.41) is 0.808. The van der Waals surface area contributed by atoms with E-state index in [0.717, 1.165) is 10.9 Å². The highest BCUT2D eigenvalue weighted by molar-refractivity contribution is 5.91. The van der Waals surface area contributed by atoms with Gasteiger partial charge in [-0.1, -0.05) is 19.1 Å². The Morgan fingerprint density at radius 3 is 2.56 bits per heavy atom. The number of aryl methyl sites for hydroxylation is 1. The van der Waals surface area contributed by atoms with Gasteiger partial charge in [0.15, 0.2) is 5.78 Å². The van der Waals surface area contributed by atoms with Gasteiger partial charge >= 0.3 is 5.63 Å². The van der Waals surface area contributed by atoms with E-state index in [9.17, 15) is 9.59 Å². The Morgan fingerprint density at radius 1 is 1.24 bits per heavy atom. The van der Waals surface area contributed by atoms with E-state index in [1.54, 1.807) is 6.07 Å². The number of rotatable bonds is 3. The normalized spacial score (nSPS) is 29.3. The maximum Gasteiger partial charge on any atom is 0.343 e. The molecular weight excluding hydrogens is 320 g/mol. The summed E-state index contributed by atoms with van der Waals surface area (Å²) in [6.45, 7) is 9.54. The molecule has 2 aromatic rings. The molecular formula is C20H22O5. The highest BCUT2D eigenvalue weighted by Crippen LogP contribution is 2.49. The lowest BCUT2D eigenvalue weighted by molar-refractivity contribution is -0.122. The molecule has 25 heavy (non-hydrogen) atoms. The summed E-state index contributed by atoms with van der Waals surface area (Å²) >= 11 is 0. The van der Waals surface area contributed by atoms with E-state index in [1.807, 2.05) is 46.8 Å². The van der Waals surface area contributed by atoms with Gasteiger partial charge in [0, 0.05) is 11.8 Å². The molecule has 0 spiro atoms. The number of benzene rings is 1. The van der Waals surface area contributed by atoms with Crippen molar-refractivity contribution < 1.29 is 18.7 Å². The lowest BCUT2D eigenvalue weighted by Gasteiger charge is -2.26. The first-order valence-electron chi connectivity index (χ1n) is 8.59. The van der Waals surface area contributed by atoms with Gasteiger partial charge < -0.3 is 13.9 Å². The first-order valence-corrected chi connectivity index (χ1v) is 8.59. The van der Waals surface area contributed by atoms with E-state index < -0.39 is 22.7 Å². The van der Waals surface area contributed by atoms with Gasteiger partial charge in [-0.25, -0.2) is 4.79 Å². The molecule has 0 radical (unpaired) electrons. The van der Waals surface area contributed by atoms with E-state index in [4.69, 9.17) is 13.9 Å². The summed E-state index contributed by atoms with van der Waals surface area (Å²) in [5.41, 5.74) is 0.386. The van der Waals surface area contributed by atoms with Crippen molar-refractivity contribution in [3.63, 3.8) is 0 Å². The molecule has 1 saturated heterocycles. The van der Waals surface area contributed by atoms with Gasteiger partial charge in [-0.05, 0) is 39.3 Å². The minimum atomic E-state index is -0.731. The van der Waals surface area contributed by atoms with Gasteiger partial charge in [-0.2, -0.15) is 0 Å². The van der Waals surface area contributed by atoms with Crippen LogP contribution >= 0.6 is 0 Å². The minimum absolute atomic E-state index is 0.0000746. The van der Waals surface area contributed by atoms with Crippen LogP contribution in [0.5, 0.6) is 5.75 Å². The number of ether oxygens (including phenoxy) is 2. The molecule has 0 unspecified atom stereocenters. The number of hydrogen-bond acceptors (Lipinski definition) is 5. The molecule has 3 atom stereocenters. The lowest BCUT2D eigenvalue weighted by Crippen LogP contribution is -2.39. The summed E-state index contributed by atoms with van der Waals surface area (Å²) in [7, 11) is 0. The maximum atomic E-state index is 12.7. The molecule has 132 valence electrons. The number of Topliss-reactive ketones (excluding diaryl/α,β-unsaturated/α-hetero) is 1. The second-order valence-electron chi connectivity index (χ2n) is 7.96. The fourth-order valence-corrected chi connectivity index (χ4v) is 3.92. The van der Waals surface area contributed by atoms with Gasteiger partial charge in [-0.3, -0.25) is 4.79 Å². The highest BCUT2D eigenvalue weighted by Gasteiger charge is 2.56. The Kier molecular flexibility index (Phi) is 3.23. The Morgan fingerprint density at radius 2 is 1.92 bits per heavy atom. The summed E-state index contributed by atoms with van der Waals surface area (Å²) < 4.78 is 17.1. The van der Waals surface area contributed by atoms with Crippen LogP contribution in [0.1, 0.15) is 45.2 Å². The van der Waals surface area contributed by atoms with Crippen molar-refractivity contribution in [2.75, 3.05) is 0 Å². The number of ketones is 1. The van der Waals surface area contributed by atoms with Crippen molar-refractivity contribution in [3.8, 4) is 5.75 Å². The summed E-state index contributed by atoms with van der Waals surface area (Å²) in [6, 6.07) is 5.57. The number of epoxide rings is 1. The third-order valence-corrected chi connectivity index (χ3v) is 5.69. The molecule has 1 aromatic carbocycles. The molecule has 0 saturated carbocycles. The van der Waals surface area contributed by atoms with Crippen molar-refractivity contribution in [1.82, 2.24) is 0 Å². The van der Waals surface area contributed by atoms with Gasteiger partial charge in [0.2, 0.25) is 0 Å². The second-order valence-corrected chi connectivity index (χ2v) is 7.96. The predicted octanol–water partition coefficient (Wildman–Crippen LogP) is 3.28. The van der Waals surface area contributed by atoms with Crippen molar-refractivity contribution in [2.45, 2.75) is 64.3 Å². The molecule has 5 heteroatoms. The van der Waals surface area contributed by atoms with Gasteiger partial charge in [-0.15, -0.1) is 0 Å². The fourth-order valence-electron chi connectivity index (χ4n) is 3.92. The van der Waals surface area contributed by atoms with E-state index in [2.05, 4.69) is 0 Å². The maximum absolute atomic E-state index is 12.7. The van der Waals surface area contributed by atoms with E-state index in [-0.39, 0.29) is 18.3 Å². The third-order valence-electron chi connectivity index (χ3n) is 5.69. The van der Waals surface area contributed by atoms with Crippen LogP contribution in [0.4, 0.5) is 0 Å². The number of carbonyl (C=O) groups excluding carboxylic acids is 1. The molecule has 5 nitrogen and oxygen atoms in total. The zero-order valence-corrected chi connectivity index (χ0v) is 15.1. The number of hydrogen-bond donors (Lipinski definition) is 0. The number of carbonyl (C=O) groups is 1. The van der Waals surface area contributed by atoms with E-state index in [1.165, 1.54) is 0 Å². The fraction of sp³-hybridized carbons (Fsp3) is 0.500. The molecule has 0 aliphatic carbocycles. The molecule has 1 aromatic heterocycles. The van der Waals surface area contributed by atoms with E-state index >= 15 is 0 Å². The van der Waals surface area contributed by atoms with Gasteiger partial charge in [0.1, 0.15) is 23.5 Å². The molecule has 0 bridgehead atoms. The topological polar surface area (TPSA) is 69.0 Å². The van der Waals surface area contributed by atoms with E-state index in [0.29, 0.717) is 16.9 Å². The molecule has 0 amide bonds. The largest absolute Gasteiger partial charge is 0.488 e. The first kappa shape index (κ1) is 16.3. The standard InChI is InChI=1S/C20H22O5/c1-10-7-6-8-13-14(10)16-15(18(22)24-13)20(5,11(2)23-16)9-12(21)17-19(3,4)25-17/h6-8,11,17H,9H2,1-5H3/t11-,17-,20-/m1/s1. The molecule has 2 aliphatic rings. The monoisotopic (exact) mass is 342 g/mol. The van der Waals surface area contributed by atoms with Crippen LogP contribution in [0.3, 0.4) is 0 Å². The van der Waals surface area contributed by atoms with Crippen molar-refractivity contribution in [3.05, 3.63) is 39.7 Å². The smallest absolute Gasteiger partial charge is 0.343 e. The summed E-state index contributed by atoms with van der Waals surface area (Å²) in [4.78, 5) is 25.4. The molecule has 3 heterocycles. The lowest BCUT2D eigenvalue weighted by atomic mass is 9.75. The molecule has 1 fully saturated rings. The Bertz CT molecular complexity index is 954. The SMILES string of the molecule is Cc1cccc2oc(=O)c3c(c12)O[C@H](C)[C@@]3(C)CC(=O)[C@H]1OC1(C)C. The Hall–Kier alpha value is -2.14. The first-order chi connectivity index (χ1) is 11.6. The molecule has 2 aliphatic heterocycles. The quantitative estimate of drug-likeness (QED) is 0.632. The number of fused-ring (bicyclic) bond motifs is 3. The Labute approximate surface area is 145 Å². The van der Waals surface area contributed by atoms with Crippen LogP contribution in [0.15, 0.2) is 27.4 Å². The molecule has 4 rings (SSSR count). The van der Waals surface area contributed by atoms with Crippen LogP contribution in [-0.2, 0) is 14.9 Å². The summed E-state index contributed by atoms with van der Waals surface area (Å²) in [5.74, 6) is 0.559. The average molecular weight is 342 g/mol. The van der Waals surface area contributed by atoms with Crippen molar-refractivity contribution in [1.29, 1.82) is 0 Å². The predicted molar refractivity (Wildman–Crippen MR) is 93.2 cm³/mol. The third kappa shape index (κ3) is 2.25. The van der Waals surface area contributed by atoms with Crippen LogP contribution in [0.25, 0.3) is 11.0 Å². The zero-order valence-electron chi connectivity index (χ0n) is 15.1. The van der Waals surface area contributed by atoms with Crippen molar-refractivity contribution >= 4 is 16.8 Å². The minimum Gasteiger partial charge on any atom is -0.488 e. The van der Waals surface area contributed by atoms with Crippen LogP contribution < -0.4 is 10.4 Å². The van der Waals surface area contributed by atoms with Crippen LogP contribution in [0.2, 0.25) is 0 Å². The summed E-state index contributed by atoms with van der Waals surface area (Å²) in [6.07, 6.45) is -0.520. The van der Waals surface area contributed by atoms with Gasteiger partial charge in [0.05, 0.1) is 16.6 Å².